The molecule has 0 aliphatic carbocycles. The minimum atomic E-state index is -0.387. The SMILES string of the molecule is CCCN(CCC)c1ccc(C(O)CC)cn1. The molecule has 1 N–H and O–H groups in total. The molecule has 0 aliphatic rings. The fourth-order valence-corrected chi connectivity index (χ4v) is 1.90. The lowest BCUT2D eigenvalue weighted by Crippen LogP contribution is -2.25. The summed E-state index contributed by atoms with van der Waals surface area (Å²) in [6.45, 7) is 8.40. The van der Waals surface area contributed by atoms with E-state index in [1.54, 1.807) is 6.20 Å². The van der Waals surface area contributed by atoms with Gasteiger partial charge in [0.2, 0.25) is 0 Å². The lowest BCUT2D eigenvalue weighted by Gasteiger charge is -2.22. The summed E-state index contributed by atoms with van der Waals surface area (Å²) >= 11 is 0. The van der Waals surface area contributed by atoms with Gasteiger partial charge in [-0.2, -0.15) is 0 Å². The van der Waals surface area contributed by atoms with Gasteiger partial charge in [0, 0.05) is 19.3 Å². The molecule has 3 heteroatoms. The van der Waals surface area contributed by atoms with Gasteiger partial charge < -0.3 is 10.0 Å². The molecule has 17 heavy (non-hydrogen) atoms. The van der Waals surface area contributed by atoms with Gasteiger partial charge in [0.05, 0.1) is 6.10 Å². The number of pyridine rings is 1. The van der Waals surface area contributed by atoms with Crippen LogP contribution in [0.15, 0.2) is 18.3 Å². The topological polar surface area (TPSA) is 36.4 Å². The summed E-state index contributed by atoms with van der Waals surface area (Å²) in [6.07, 6.45) is 4.39. The summed E-state index contributed by atoms with van der Waals surface area (Å²) in [6, 6.07) is 3.99. The van der Waals surface area contributed by atoms with Crippen molar-refractivity contribution >= 4 is 5.82 Å². The van der Waals surface area contributed by atoms with Crippen molar-refractivity contribution in [1.82, 2.24) is 4.98 Å². The van der Waals surface area contributed by atoms with E-state index >= 15 is 0 Å². The Morgan fingerprint density at radius 3 is 2.24 bits per heavy atom. The molecule has 1 rings (SSSR count). The predicted octanol–water partition coefficient (Wildman–Crippen LogP) is 3.15. The number of hydrogen-bond donors (Lipinski definition) is 1. The maximum atomic E-state index is 9.71. The van der Waals surface area contributed by atoms with Crippen molar-refractivity contribution in [2.75, 3.05) is 18.0 Å². The molecule has 96 valence electrons. The number of aliphatic hydroxyl groups is 1. The average molecular weight is 236 g/mol. The van der Waals surface area contributed by atoms with Gasteiger partial charge >= 0.3 is 0 Å². The summed E-state index contributed by atoms with van der Waals surface area (Å²) < 4.78 is 0. The highest BCUT2D eigenvalue weighted by molar-refractivity contribution is 5.39. The van der Waals surface area contributed by atoms with Crippen molar-refractivity contribution in [3.63, 3.8) is 0 Å². The fraction of sp³-hybridized carbons (Fsp3) is 0.643. The molecule has 0 fully saturated rings. The number of aromatic nitrogens is 1. The van der Waals surface area contributed by atoms with E-state index in [2.05, 4.69) is 23.7 Å². The van der Waals surface area contributed by atoms with Crippen LogP contribution < -0.4 is 4.90 Å². The average Bonchev–Trinajstić information content (AvgIpc) is 2.38. The van der Waals surface area contributed by atoms with E-state index < -0.39 is 0 Å². The third kappa shape index (κ3) is 4.00. The van der Waals surface area contributed by atoms with E-state index in [4.69, 9.17) is 0 Å². The van der Waals surface area contributed by atoms with Gasteiger partial charge in [-0.15, -0.1) is 0 Å². The highest BCUT2D eigenvalue weighted by atomic mass is 16.3. The lowest BCUT2D eigenvalue weighted by atomic mass is 10.1. The van der Waals surface area contributed by atoms with Crippen LogP contribution in [0, 0.1) is 0 Å². The molecule has 0 amide bonds. The van der Waals surface area contributed by atoms with Crippen molar-refractivity contribution in [3.8, 4) is 0 Å². The first-order chi connectivity index (χ1) is 8.22. The Bertz CT molecular complexity index is 305. The molecule has 1 aromatic rings. The van der Waals surface area contributed by atoms with Crippen LogP contribution in [0.3, 0.4) is 0 Å². The van der Waals surface area contributed by atoms with E-state index in [0.29, 0.717) is 0 Å². The monoisotopic (exact) mass is 236 g/mol. The van der Waals surface area contributed by atoms with Gasteiger partial charge in [-0.05, 0) is 30.9 Å². The van der Waals surface area contributed by atoms with Crippen LogP contribution in [0.5, 0.6) is 0 Å². The van der Waals surface area contributed by atoms with Crippen LogP contribution in [0.2, 0.25) is 0 Å². The van der Waals surface area contributed by atoms with Crippen molar-refractivity contribution in [2.24, 2.45) is 0 Å². The molecule has 0 radical (unpaired) electrons. The number of anilines is 1. The first-order valence-electron chi connectivity index (χ1n) is 6.61. The minimum Gasteiger partial charge on any atom is -0.388 e. The van der Waals surface area contributed by atoms with Crippen molar-refractivity contribution in [3.05, 3.63) is 23.9 Å². The van der Waals surface area contributed by atoms with E-state index in [-0.39, 0.29) is 6.10 Å². The quantitative estimate of drug-likeness (QED) is 0.790. The van der Waals surface area contributed by atoms with Gasteiger partial charge in [0.15, 0.2) is 0 Å². The van der Waals surface area contributed by atoms with E-state index in [0.717, 1.165) is 43.7 Å². The van der Waals surface area contributed by atoms with Crippen LogP contribution in [0.25, 0.3) is 0 Å². The Balaban J connectivity index is 2.76. The summed E-state index contributed by atoms with van der Waals surface area (Å²) in [5.74, 6) is 1.01. The van der Waals surface area contributed by atoms with Gasteiger partial charge in [0.25, 0.3) is 0 Å². The predicted molar refractivity (Wildman–Crippen MR) is 72.3 cm³/mol. The standard InChI is InChI=1S/C14H24N2O/c1-4-9-16(10-5-2)14-8-7-12(11-15-14)13(17)6-3/h7-8,11,13,17H,4-6,9-10H2,1-3H3. The zero-order chi connectivity index (χ0) is 12.7. The van der Waals surface area contributed by atoms with Gasteiger partial charge in [-0.1, -0.05) is 26.8 Å². The Kier molecular flexibility index (Phi) is 5.98. The van der Waals surface area contributed by atoms with E-state index in [1.165, 1.54) is 0 Å². The number of hydrogen-bond acceptors (Lipinski definition) is 3. The maximum Gasteiger partial charge on any atom is 0.128 e. The van der Waals surface area contributed by atoms with E-state index in [9.17, 15) is 5.11 Å². The third-order valence-corrected chi connectivity index (χ3v) is 2.85. The lowest BCUT2D eigenvalue weighted by molar-refractivity contribution is 0.173. The van der Waals surface area contributed by atoms with Crippen LogP contribution >= 0.6 is 0 Å². The summed E-state index contributed by atoms with van der Waals surface area (Å²) in [7, 11) is 0. The first-order valence-corrected chi connectivity index (χ1v) is 6.61. The number of rotatable bonds is 7. The second kappa shape index (κ2) is 7.28. The van der Waals surface area contributed by atoms with Crippen molar-refractivity contribution in [1.29, 1.82) is 0 Å². The largest absolute Gasteiger partial charge is 0.388 e. The fourth-order valence-electron chi connectivity index (χ4n) is 1.90. The van der Waals surface area contributed by atoms with Crippen LogP contribution in [-0.4, -0.2) is 23.2 Å². The van der Waals surface area contributed by atoms with E-state index in [1.807, 2.05) is 19.1 Å². The highest BCUT2D eigenvalue weighted by Crippen LogP contribution is 2.18. The van der Waals surface area contributed by atoms with Gasteiger partial charge in [0.1, 0.15) is 5.82 Å². The van der Waals surface area contributed by atoms with Crippen LogP contribution in [0.4, 0.5) is 5.82 Å². The van der Waals surface area contributed by atoms with Gasteiger partial charge in [-0.3, -0.25) is 0 Å². The normalized spacial score (nSPS) is 12.5. The summed E-state index contributed by atoms with van der Waals surface area (Å²) in [4.78, 5) is 6.74. The molecule has 0 aromatic carbocycles. The maximum absolute atomic E-state index is 9.71. The first kappa shape index (κ1) is 14.0. The smallest absolute Gasteiger partial charge is 0.128 e. The number of nitrogens with zero attached hydrogens (tertiary/aromatic N) is 2. The minimum absolute atomic E-state index is 0.387. The van der Waals surface area contributed by atoms with Gasteiger partial charge in [-0.25, -0.2) is 4.98 Å². The molecule has 1 aromatic heterocycles. The zero-order valence-corrected chi connectivity index (χ0v) is 11.2. The van der Waals surface area contributed by atoms with Crippen molar-refractivity contribution in [2.45, 2.75) is 46.1 Å². The Morgan fingerprint density at radius 1 is 1.18 bits per heavy atom. The molecule has 0 saturated heterocycles. The molecule has 0 saturated carbocycles. The Hall–Kier alpha value is -1.09. The third-order valence-electron chi connectivity index (χ3n) is 2.85. The Morgan fingerprint density at radius 2 is 1.82 bits per heavy atom. The molecule has 3 nitrogen and oxygen atoms in total. The molecule has 1 unspecified atom stereocenters. The second-order valence-electron chi connectivity index (χ2n) is 4.36. The molecular weight excluding hydrogens is 212 g/mol. The molecule has 0 aliphatic heterocycles. The highest BCUT2D eigenvalue weighted by Gasteiger charge is 2.08. The molecule has 1 heterocycles. The molecule has 1 atom stereocenters. The summed E-state index contributed by atoms with van der Waals surface area (Å²) in [5.41, 5.74) is 0.907. The van der Waals surface area contributed by atoms with Crippen molar-refractivity contribution < 1.29 is 5.11 Å². The van der Waals surface area contributed by atoms with Crippen LogP contribution in [-0.2, 0) is 0 Å². The Labute approximate surface area is 104 Å². The second-order valence-corrected chi connectivity index (χ2v) is 4.36. The van der Waals surface area contributed by atoms with Crippen LogP contribution in [0.1, 0.15) is 51.7 Å². The number of aliphatic hydroxyl groups excluding tert-OH is 1. The zero-order valence-electron chi connectivity index (χ0n) is 11.2. The molecule has 0 spiro atoms. The molecule has 0 bridgehead atoms. The molecular formula is C14H24N2O. The summed E-state index contributed by atoms with van der Waals surface area (Å²) in [5, 5.41) is 9.71.